The van der Waals surface area contributed by atoms with Crippen molar-refractivity contribution >= 4 is 5.91 Å². The van der Waals surface area contributed by atoms with Gasteiger partial charge in [0.25, 0.3) is 0 Å². The number of amides is 1. The second-order valence-electron chi connectivity index (χ2n) is 6.68. The van der Waals surface area contributed by atoms with E-state index < -0.39 is 0 Å². The summed E-state index contributed by atoms with van der Waals surface area (Å²) in [7, 11) is 0. The van der Waals surface area contributed by atoms with Gasteiger partial charge < -0.3 is 9.64 Å². The van der Waals surface area contributed by atoms with Crippen molar-refractivity contribution in [3.05, 3.63) is 71.3 Å². The summed E-state index contributed by atoms with van der Waals surface area (Å²) in [6.45, 7) is 4.91. The van der Waals surface area contributed by atoms with E-state index in [2.05, 4.69) is 0 Å². The largest absolute Gasteiger partial charge is 0.371 e. The van der Waals surface area contributed by atoms with E-state index in [0.29, 0.717) is 32.8 Å². The van der Waals surface area contributed by atoms with Crippen LogP contribution in [0, 0.1) is 11.6 Å². The number of morpholine rings is 1. The first-order chi connectivity index (χ1) is 13.0. The highest BCUT2D eigenvalue weighted by molar-refractivity contribution is 5.78. The zero-order chi connectivity index (χ0) is 19.2. The molecule has 1 heterocycles. The Balaban J connectivity index is 1.59. The molecular weight excluding hydrogens is 350 g/mol. The molecular formula is C21H24F2N2O2. The smallest absolute Gasteiger partial charge is 0.237 e. The summed E-state index contributed by atoms with van der Waals surface area (Å²) in [5.41, 5.74) is 1.68. The fourth-order valence-corrected chi connectivity index (χ4v) is 3.25. The summed E-state index contributed by atoms with van der Waals surface area (Å²) in [5.74, 6) is -0.578. The summed E-state index contributed by atoms with van der Waals surface area (Å²) < 4.78 is 32.3. The van der Waals surface area contributed by atoms with E-state index in [1.54, 1.807) is 23.1 Å². The molecule has 0 aromatic heterocycles. The SMILES string of the molecule is CCN(Cc1cccc(F)c1)C(=O)CN1CCOC(c2ccc(F)cc2)C1. The van der Waals surface area contributed by atoms with E-state index in [1.807, 2.05) is 17.9 Å². The average Bonchev–Trinajstić information content (AvgIpc) is 2.67. The lowest BCUT2D eigenvalue weighted by atomic mass is 10.1. The molecule has 1 aliphatic heterocycles. The molecule has 2 aromatic carbocycles. The fourth-order valence-electron chi connectivity index (χ4n) is 3.25. The second-order valence-corrected chi connectivity index (χ2v) is 6.68. The maximum atomic E-state index is 13.4. The molecule has 1 saturated heterocycles. The van der Waals surface area contributed by atoms with Gasteiger partial charge in [0.05, 0.1) is 19.3 Å². The van der Waals surface area contributed by atoms with Crippen molar-refractivity contribution in [1.82, 2.24) is 9.80 Å². The van der Waals surface area contributed by atoms with Crippen LogP contribution in [0.5, 0.6) is 0 Å². The van der Waals surface area contributed by atoms with Gasteiger partial charge in [0.15, 0.2) is 0 Å². The van der Waals surface area contributed by atoms with Gasteiger partial charge in [-0.2, -0.15) is 0 Å². The molecule has 0 spiro atoms. The highest BCUT2D eigenvalue weighted by Crippen LogP contribution is 2.22. The Morgan fingerprint density at radius 2 is 1.96 bits per heavy atom. The van der Waals surface area contributed by atoms with Crippen LogP contribution in [0.2, 0.25) is 0 Å². The van der Waals surface area contributed by atoms with Crippen molar-refractivity contribution in [1.29, 1.82) is 0 Å². The normalized spacial score (nSPS) is 17.7. The van der Waals surface area contributed by atoms with Crippen molar-refractivity contribution < 1.29 is 18.3 Å². The van der Waals surface area contributed by atoms with Crippen molar-refractivity contribution in [2.24, 2.45) is 0 Å². The van der Waals surface area contributed by atoms with Crippen LogP contribution in [0.1, 0.15) is 24.2 Å². The number of benzene rings is 2. The van der Waals surface area contributed by atoms with Crippen LogP contribution >= 0.6 is 0 Å². The summed E-state index contributed by atoms with van der Waals surface area (Å²) in [6, 6.07) is 12.6. The van der Waals surface area contributed by atoms with Crippen molar-refractivity contribution in [3.8, 4) is 0 Å². The quantitative estimate of drug-likeness (QED) is 0.777. The summed E-state index contributed by atoms with van der Waals surface area (Å²) in [6.07, 6.45) is -0.176. The highest BCUT2D eigenvalue weighted by atomic mass is 19.1. The molecule has 1 unspecified atom stereocenters. The summed E-state index contributed by atoms with van der Waals surface area (Å²) >= 11 is 0. The molecule has 0 bridgehead atoms. The molecule has 0 aliphatic carbocycles. The molecule has 27 heavy (non-hydrogen) atoms. The topological polar surface area (TPSA) is 32.8 Å². The molecule has 6 heteroatoms. The Bertz CT molecular complexity index is 767. The molecule has 1 amide bonds. The van der Waals surface area contributed by atoms with Crippen LogP contribution in [0.3, 0.4) is 0 Å². The third-order valence-corrected chi connectivity index (χ3v) is 4.75. The minimum Gasteiger partial charge on any atom is -0.371 e. The first-order valence-electron chi connectivity index (χ1n) is 9.17. The molecule has 0 saturated carbocycles. The van der Waals surface area contributed by atoms with E-state index in [4.69, 9.17) is 4.74 Å². The number of carbonyl (C=O) groups excluding carboxylic acids is 1. The lowest BCUT2D eigenvalue weighted by Crippen LogP contribution is -2.45. The number of carbonyl (C=O) groups is 1. The lowest BCUT2D eigenvalue weighted by molar-refractivity contribution is -0.134. The van der Waals surface area contributed by atoms with Crippen LogP contribution in [0.15, 0.2) is 48.5 Å². The van der Waals surface area contributed by atoms with Crippen LogP contribution in [0.25, 0.3) is 0 Å². The molecule has 4 nitrogen and oxygen atoms in total. The van der Waals surface area contributed by atoms with Crippen molar-refractivity contribution in [3.63, 3.8) is 0 Å². The number of likely N-dealkylation sites (N-methyl/N-ethyl adjacent to an activating group) is 1. The van der Waals surface area contributed by atoms with Crippen molar-refractivity contribution in [2.45, 2.75) is 19.6 Å². The standard InChI is InChI=1S/C21H24F2N2O2/c1-2-25(13-16-4-3-5-19(23)12-16)21(26)15-24-10-11-27-20(14-24)17-6-8-18(22)9-7-17/h3-9,12,20H,2,10-11,13-15H2,1H3. The fraction of sp³-hybridized carbons (Fsp3) is 0.381. The molecule has 3 rings (SSSR count). The zero-order valence-electron chi connectivity index (χ0n) is 15.4. The molecule has 1 aliphatic rings. The third-order valence-electron chi connectivity index (χ3n) is 4.75. The van der Waals surface area contributed by atoms with E-state index in [0.717, 1.165) is 11.1 Å². The Hall–Kier alpha value is -2.31. The van der Waals surface area contributed by atoms with Crippen molar-refractivity contribution in [2.75, 3.05) is 32.8 Å². The Labute approximate surface area is 158 Å². The van der Waals surface area contributed by atoms with Gasteiger partial charge in [-0.3, -0.25) is 9.69 Å². The highest BCUT2D eigenvalue weighted by Gasteiger charge is 2.25. The van der Waals surface area contributed by atoms with Gasteiger partial charge in [0, 0.05) is 26.2 Å². The number of hydrogen-bond donors (Lipinski definition) is 0. The predicted octanol–water partition coefficient (Wildman–Crippen LogP) is 3.39. The first-order valence-corrected chi connectivity index (χ1v) is 9.17. The Morgan fingerprint density at radius 1 is 1.19 bits per heavy atom. The second kappa shape index (κ2) is 9.06. The van der Waals surface area contributed by atoms with Gasteiger partial charge in [-0.1, -0.05) is 24.3 Å². The van der Waals surface area contributed by atoms with Crippen LogP contribution in [-0.2, 0) is 16.1 Å². The number of ether oxygens (including phenoxy) is 1. The average molecular weight is 374 g/mol. The number of halogens is 2. The van der Waals surface area contributed by atoms with E-state index in [-0.39, 0.29) is 30.2 Å². The summed E-state index contributed by atoms with van der Waals surface area (Å²) in [4.78, 5) is 16.5. The maximum absolute atomic E-state index is 13.4. The molecule has 1 atom stereocenters. The molecule has 144 valence electrons. The van der Waals surface area contributed by atoms with Gasteiger partial charge in [-0.15, -0.1) is 0 Å². The van der Waals surface area contributed by atoms with E-state index in [9.17, 15) is 13.6 Å². The molecule has 1 fully saturated rings. The van der Waals surface area contributed by atoms with E-state index in [1.165, 1.54) is 24.3 Å². The van der Waals surface area contributed by atoms with E-state index >= 15 is 0 Å². The third kappa shape index (κ3) is 5.34. The van der Waals surface area contributed by atoms with Gasteiger partial charge >= 0.3 is 0 Å². The predicted molar refractivity (Wildman–Crippen MR) is 99.0 cm³/mol. The Kier molecular flexibility index (Phi) is 6.53. The molecule has 0 N–H and O–H groups in total. The molecule has 2 aromatic rings. The number of hydrogen-bond acceptors (Lipinski definition) is 3. The number of rotatable bonds is 6. The van der Waals surface area contributed by atoms with Gasteiger partial charge in [0.2, 0.25) is 5.91 Å². The van der Waals surface area contributed by atoms with Gasteiger partial charge in [0.1, 0.15) is 11.6 Å². The molecule has 0 radical (unpaired) electrons. The van der Waals surface area contributed by atoms with Crippen LogP contribution in [-0.4, -0.2) is 48.5 Å². The van der Waals surface area contributed by atoms with Crippen LogP contribution < -0.4 is 0 Å². The van der Waals surface area contributed by atoms with Gasteiger partial charge in [-0.05, 0) is 42.3 Å². The zero-order valence-corrected chi connectivity index (χ0v) is 15.4. The monoisotopic (exact) mass is 374 g/mol. The Morgan fingerprint density at radius 3 is 2.67 bits per heavy atom. The minimum absolute atomic E-state index is 0.00140. The van der Waals surface area contributed by atoms with Crippen LogP contribution in [0.4, 0.5) is 8.78 Å². The number of nitrogens with zero attached hydrogens (tertiary/aromatic N) is 2. The minimum atomic E-state index is -0.300. The summed E-state index contributed by atoms with van der Waals surface area (Å²) in [5, 5.41) is 0. The first kappa shape index (κ1) is 19.5. The van der Waals surface area contributed by atoms with Gasteiger partial charge in [-0.25, -0.2) is 8.78 Å². The lowest BCUT2D eigenvalue weighted by Gasteiger charge is -2.34. The maximum Gasteiger partial charge on any atom is 0.237 e.